The molecule has 0 aromatic heterocycles. The lowest BCUT2D eigenvalue weighted by Crippen LogP contribution is -2.29. The van der Waals surface area contributed by atoms with E-state index in [1.165, 1.54) is 11.1 Å². The van der Waals surface area contributed by atoms with E-state index in [1.54, 1.807) is 7.11 Å². The van der Waals surface area contributed by atoms with Gasteiger partial charge in [-0.25, -0.2) is 0 Å². The zero-order valence-corrected chi connectivity index (χ0v) is 39.4. The average molecular weight is 820 g/mol. The molecule has 6 aromatic carbocycles. The molecule has 4 nitrogen and oxygen atoms in total. The highest BCUT2D eigenvalue weighted by Crippen LogP contribution is 2.45. The van der Waals surface area contributed by atoms with Crippen molar-refractivity contribution in [2.45, 2.75) is 118 Å². The molecule has 0 radical (unpaired) electrons. The summed E-state index contributed by atoms with van der Waals surface area (Å²) in [6, 6.07) is 50.8. The predicted molar refractivity (Wildman–Crippen MR) is 259 cm³/mol. The highest BCUT2D eigenvalue weighted by atomic mass is 16.5. The summed E-state index contributed by atoms with van der Waals surface area (Å²) < 4.78 is 5.68. The number of hydrogen-bond donors (Lipinski definition) is 2. The molecule has 0 heterocycles. The molecule has 0 aliphatic carbocycles. The maximum atomic E-state index is 12.4. The molecule has 0 atom stereocenters. The van der Waals surface area contributed by atoms with Gasteiger partial charge in [-0.2, -0.15) is 0 Å². The standard InChI is InChI=1S/C53H61NO3.2C2H6/c1-50(2,40-22-14-10-15-23-40)44-32-38(48(55)46(34-44)52(5,6)42-26-18-12-19-27-42)36-54(30-31-57-9)37-39-33-45(51(3,4)41-24-16-11-17-25-41)35-47(49(39)56)53(7,8)43-28-20-13-21-29-43;2*1-2/h10-29,32-35,55-56H,30-31,36-37H2,1-9H3;2*1-2H3. The van der Waals surface area contributed by atoms with Crippen molar-refractivity contribution >= 4 is 0 Å². The van der Waals surface area contributed by atoms with Crippen LogP contribution < -0.4 is 0 Å². The topological polar surface area (TPSA) is 52.9 Å². The summed E-state index contributed by atoms with van der Waals surface area (Å²) in [4.78, 5) is 2.30. The van der Waals surface area contributed by atoms with Crippen LogP contribution in [0.4, 0.5) is 0 Å². The minimum atomic E-state index is -0.478. The zero-order valence-electron chi connectivity index (χ0n) is 39.4. The molecule has 0 spiro atoms. The predicted octanol–water partition coefficient (Wildman–Crippen LogP) is 14.1. The van der Waals surface area contributed by atoms with Gasteiger partial charge < -0.3 is 14.9 Å². The van der Waals surface area contributed by atoms with Gasteiger partial charge in [0.05, 0.1) is 6.61 Å². The molecule has 2 N–H and O–H groups in total. The van der Waals surface area contributed by atoms with Crippen LogP contribution in [0.1, 0.15) is 139 Å². The Morgan fingerprint density at radius 3 is 0.967 bits per heavy atom. The van der Waals surface area contributed by atoms with Crippen molar-refractivity contribution in [2.75, 3.05) is 20.3 Å². The first-order valence-electron chi connectivity index (χ1n) is 22.3. The smallest absolute Gasteiger partial charge is 0.124 e. The van der Waals surface area contributed by atoms with Crippen molar-refractivity contribution < 1.29 is 14.9 Å². The Kier molecular flexibility index (Phi) is 16.8. The summed E-state index contributed by atoms with van der Waals surface area (Å²) in [6.07, 6.45) is 0. The van der Waals surface area contributed by atoms with Crippen LogP contribution in [-0.2, 0) is 39.5 Å². The van der Waals surface area contributed by atoms with Gasteiger partial charge in [0.25, 0.3) is 0 Å². The highest BCUT2D eigenvalue weighted by Gasteiger charge is 2.34. The fourth-order valence-corrected chi connectivity index (χ4v) is 8.28. The van der Waals surface area contributed by atoms with E-state index in [0.717, 1.165) is 44.5 Å². The highest BCUT2D eigenvalue weighted by molar-refractivity contribution is 5.56. The van der Waals surface area contributed by atoms with Crippen molar-refractivity contribution in [1.82, 2.24) is 4.90 Å². The number of benzene rings is 6. The number of methoxy groups -OCH3 is 1. The summed E-state index contributed by atoms with van der Waals surface area (Å²) >= 11 is 0. The number of ether oxygens (including phenoxy) is 1. The van der Waals surface area contributed by atoms with Gasteiger partial charge in [0, 0.05) is 70.7 Å². The van der Waals surface area contributed by atoms with Crippen molar-refractivity contribution in [1.29, 1.82) is 0 Å². The van der Waals surface area contributed by atoms with Crippen LogP contribution in [0, 0.1) is 0 Å². The summed E-state index contributed by atoms with van der Waals surface area (Å²) in [5.41, 5.74) is 8.78. The van der Waals surface area contributed by atoms with E-state index in [9.17, 15) is 10.2 Å². The minimum absolute atomic E-state index is 0.299. The maximum absolute atomic E-state index is 12.4. The summed E-state index contributed by atoms with van der Waals surface area (Å²) in [6.45, 7) is 27.8. The Morgan fingerprint density at radius 1 is 0.410 bits per heavy atom. The van der Waals surface area contributed by atoms with Gasteiger partial charge in [-0.1, -0.05) is 217 Å². The second-order valence-corrected chi connectivity index (χ2v) is 17.7. The average Bonchev–Trinajstić information content (AvgIpc) is 3.29. The third kappa shape index (κ3) is 10.8. The fraction of sp³-hybridized carbons (Fsp3) is 0.368. The van der Waals surface area contributed by atoms with Crippen LogP contribution in [0.15, 0.2) is 146 Å². The molecular weight excluding hydrogens is 747 g/mol. The van der Waals surface area contributed by atoms with E-state index in [2.05, 4.69) is 194 Å². The first-order valence-corrected chi connectivity index (χ1v) is 22.3. The molecule has 0 amide bonds. The van der Waals surface area contributed by atoms with Gasteiger partial charge in [0.15, 0.2) is 0 Å². The quantitative estimate of drug-likeness (QED) is 0.108. The molecule has 0 aliphatic rings. The fourth-order valence-electron chi connectivity index (χ4n) is 8.28. The van der Waals surface area contributed by atoms with E-state index in [1.807, 2.05) is 39.8 Å². The second-order valence-electron chi connectivity index (χ2n) is 17.7. The molecule has 4 heteroatoms. The number of phenols is 2. The van der Waals surface area contributed by atoms with Gasteiger partial charge >= 0.3 is 0 Å². The van der Waals surface area contributed by atoms with E-state index >= 15 is 0 Å². The van der Waals surface area contributed by atoms with Gasteiger partial charge in [0.2, 0.25) is 0 Å². The molecule has 6 aromatic rings. The zero-order chi connectivity index (χ0) is 45.0. The van der Waals surface area contributed by atoms with E-state index < -0.39 is 10.8 Å². The van der Waals surface area contributed by atoms with Crippen LogP contribution in [0.3, 0.4) is 0 Å². The van der Waals surface area contributed by atoms with Gasteiger partial charge in [0.1, 0.15) is 11.5 Å². The van der Waals surface area contributed by atoms with Gasteiger partial charge in [-0.05, 0) is 45.5 Å². The van der Waals surface area contributed by atoms with Crippen LogP contribution >= 0.6 is 0 Å². The number of hydrogen-bond acceptors (Lipinski definition) is 4. The van der Waals surface area contributed by atoms with Crippen LogP contribution in [0.5, 0.6) is 11.5 Å². The van der Waals surface area contributed by atoms with E-state index in [-0.39, 0.29) is 10.8 Å². The normalized spacial score (nSPS) is 12.0. The largest absolute Gasteiger partial charge is 0.507 e. The Hall–Kier alpha value is -5.16. The lowest BCUT2D eigenvalue weighted by molar-refractivity contribution is 0.138. The molecule has 0 fully saturated rings. The molecule has 6 rings (SSSR count). The Labute approximate surface area is 369 Å². The van der Waals surface area contributed by atoms with Crippen molar-refractivity contribution in [3.8, 4) is 11.5 Å². The van der Waals surface area contributed by atoms with Crippen molar-refractivity contribution in [3.63, 3.8) is 0 Å². The lowest BCUT2D eigenvalue weighted by atomic mass is 9.72. The third-order valence-corrected chi connectivity index (χ3v) is 12.5. The number of nitrogens with zero attached hydrogens (tertiary/aromatic N) is 1. The summed E-state index contributed by atoms with van der Waals surface area (Å²) in [7, 11) is 1.72. The number of aromatic hydroxyl groups is 2. The van der Waals surface area contributed by atoms with Crippen molar-refractivity contribution in [2.24, 2.45) is 0 Å². The minimum Gasteiger partial charge on any atom is -0.507 e. The van der Waals surface area contributed by atoms with E-state index in [4.69, 9.17) is 4.74 Å². The second kappa shape index (κ2) is 21.1. The molecule has 61 heavy (non-hydrogen) atoms. The Morgan fingerprint density at radius 2 is 0.689 bits per heavy atom. The molecule has 324 valence electrons. The summed E-state index contributed by atoms with van der Waals surface area (Å²) in [5.74, 6) is 0.598. The van der Waals surface area contributed by atoms with E-state index in [0.29, 0.717) is 37.7 Å². The van der Waals surface area contributed by atoms with Crippen molar-refractivity contribution in [3.05, 3.63) is 201 Å². The summed E-state index contributed by atoms with van der Waals surface area (Å²) in [5, 5.41) is 24.8. The van der Waals surface area contributed by atoms with Crippen LogP contribution in [-0.4, -0.2) is 35.4 Å². The Bertz CT molecular complexity index is 2080. The molecular formula is C57H73NO3. The maximum Gasteiger partial charge on any atom is 0.124 e. The van der Waals surface area contributed by atoms with Crippen LogP contribution in [0.2, 0.25) is 0 Å². The molecule has 0 unspecified atom stereocenters. The third-order valence-electron chi connectivity index (χ3n) is 12.5. The van der Waals surface area contributed by atoms with Crippen LogP contribution in [0.25, 0.3) is 0 Å². The SMILES string of the molecule is CC.CC.COCCN(Cc1cc(C(C)(C)c2ccccc2)cc(C(C)(C)c2ccccc2)c1O)Cc1cc(C(C)(C)c2ccccc2)cc(C(C)(C)c2ccccc2)c1O. The molecule has 0 saturated carbocycles. The Balaban J connectivity index is 0.00000199. The number of phenolic OH excluding ortho intramolecular Hbond substituents is 2. The molecule has 0 aliphatic heterocycles. The first-order chi connectivity index (χ1) is 29.1. The van der Waals surface area contributed by atoms with Gasteiger partial charge in [-0.15, -0.1) is 0 Å². The monoisotopic (exact) mass is 820 g/mol. The van der Waals surface area contributed by atoms with Gasteiger partial charge in [-0.3, -0.25) is 4.90 Å². The molecule has 0 bridgehead atoms. The number of rotatable bonds is 15. The molecule has 0 saturated heterocycles. The lowest BCUT2D eigenvalue weighted by Gasteiger charge is -2.34. The first kappa shape index (κ1) is 48.5.